The van der Waals surface area contributed by atoms with E-state index in [2.05, 4.69) is 6.92 Å². The molecule has 174 valence electrons. The lowest BCUT2D eigenvalue weighted by atomic mass is 10.0. The van der Waals surface area contributed by atoms with Gasteiger partial charge >= 0.3 is 0 Å². The fraction of sp³-hybridized carbons (Fsp3) is 0.778. The summed E-state index contributed by atoms with van der Waals surface area (Å²) in [6.45, 7) is 3.20. The standard InChI is InChI=1S/C27H49NO2/c1-2-3-4-5-6-7-8-9-10-11-12-13-14-15-16-17-24-30-26-20-18-25(19-21-26)27(28)22-23-29/h18-21,27,29H,2-17,22-24,28H2,1H3. The highest BCUT2D eigenvalue weighted by Crippen LogP contribution is 2.19. The summed E-state index contributed by atoms with van der Waals surface area (Å²) in [4.78, 5) is 0. The van der Waals surface area contributed by atoms with Crippen LogP contribution in [0.4, 0.5) is 0 Å². The molecule has 0 bridgehead atoms. The molecule has 3 N–H and O–H groups in total. The second kappa shape index (κ2) is 19.9. The topological polar surface area (TPSA) is 55.5 Å². The fourth-order valence-electron chi connectivity index (χ4n) is 3.96. The van der Waals surface area contributed by atoms with Crippen molar-refractivity contribution in [2.45, 2.75) is 122 Å². The number of aliphatic hydroxyl groups is 1. The summed E-state index contributed by atoms with van der Waals surface area (Å²) < 4.78 is 5.83. The van der Waals surface area contributed by atoms with E-state index in [1.54, 1.807) is 0 Å². The van der Waals surface area contributed by atoms with Crippen molar-refractivity contribution in [1.29, 1.82) is 0 Å². The maximum atomic E-state index is 8.96. The number of aliphatic hydroxyl groups excluding tert-OH is 1. The molecule has 1 aromatic carbocycles. The predicted molar refractivity (Wildman–Crippen MR) is 130 cm³/mol. The molecule has 1 rings (SSSR count). The van der Waals surface area contributed by atoms with Crippen LogP contribution in [0.3, 0.4) is 0 Å². The Hall–Kier alpha value is -1.06. The molecular weight excluding hydrogens is 370 g/mol. The van der Waals surface area contributed by atoms with Gasteiger partial charge in [0.2, 0.25) is 0 Å². The van der Waals surface area contributed by atoms with Gasteiger partial charge in [-0.25, -0.2) is 0 Å². The average molecular weight is 420 g/mol. The van der Waals surface area contributed by atoms with Crippen molar-refractivity contribution >= 4 is 0 Å². The molecule has 0 amide bonds. The lowest BCUT2D eigenvalue weighted by Gasteiger charge is -2.11. The first-order valence-corrected chi connectivity index (χ1v) is 12.9. The number of ether oxygens (including phenoxy) is 1. The van der Waals surface area contributed by atoms with Crippen molar-refractivity contribution in [3.05, 3.63) is 29.8 Å². The average Bonchev–Trinajstić information content (AvgIpc) is 2.76. The van der Waals surface area contributed by atoms with Crippen molar-refractivity contribution in [2.75, 3.05) is 13.2 Å². The normalized spacial score (nSPS) is 12.2. The van der Waals surface area contributed by atoms with Gasteiger partial charge < -0.3 is 15.6 Å². The first kappa shape index (κ1) is 27.0. The van der Waals surface area contributed by atoms with Crippen LogP contribution in [-0.2, 0) is 0 Å². The molecule has 0 heterocycles. The summed E-state index contributed by atoms with van der Waals surface area (Å²) in [5, 5.41) is 8.96. The van der Waals surface area contributed by atoms with Crippen molar-refractivity contribution in [2.24, 2.45) is 5.73 Å². The Bertz CT molecular complexity index is 474. The Morgan fingerprint density at radius 2 is 1.13 bits per heavy atom. The Morgan fingerprint density at radius 3 is 1.57 bits per heavy atom. The first-order chi connectivity index (χ1) is 14.8. The molecular formula is C27H49NO2. The lowest BCUT2D eigenvalue weighted by Crippen LogP contribution is -2.11. The predicted octanol–water partition coefficient (Wildman–Crippen LogP) is 7.71. The number of unbranched alkanes of at least 4 members (excludes halogenated alkanes) is 15. The summed E-state index contributed by atoms with van der Waals surface area (Å²) in [6, 6.07) is 7.88. The molecule has 0 spiro atoms. The molecule has 0 saturated carbocycles. The minimum atomic E-state index is -0.0932. The minimum absolute atomic E-state index is 0.0932. The second-order valence-electron chi connectivity index (χ2n) is 8.84. The highest BCUT2D eigenvalue weighted by atomic mass is 16.5. The van der Waals surface area contributed by atoms with E-state index in [0.717, 1.165) is 24.3 Å². The zero-order valence-electron chi connectivity index (χ0n) is 19.8. The maximum absolute atomic E-state index is 8.96. The largest absolute Gasteiger partial charge is 0.494 e. The third-order valence-electron chi connectivity index (χ3n) is 6.01. The van der Waals surface area contributed by atoms with Crippen LogP contribution >= 0.6 is 0 Å². The van der Waals surface area contributed by atoms with E-state index in [0.29, 0.717) is 6.42 Å². The smallest absolute Gasteiger partial charge is 0.119 e. The van der Waals surface area contributed by atoms with E-state index in [1.807, 2.05) is 24.3 Å². The fourth-order valence-corrected chi connectivity index (χ4v) is 3.96. The number of rotatable bonds is 21. The van der Waals surface area contributed by atoms with Crippen LogP contribution in [-0.4, -0.2) is 18.3 Å². The van der Waals surface area contributed by atoms with Crippen molar-refractivity contribution in [3.63, 3.8) is 0 Å². The molecule has 3 nitrogen and oxygen atoms in total. The van der Waals surface area contributed by atoms with Crippen LogP contribution < -0.4 is 10.5 Å². The summed E-state index contributed by atoms with van der Waals surface area (Å²) >= 11 is 0. The molecule has 1 atom stereocenters. The van der Waals surface area contributed by atoms with Gasteiger partial charge in [0.1, 0.15) is 5.75 Å². The molecule has 1 unspecified atom stereocenters. The van der Waals surface area contributed by atoms with Gasteiger partial charge in [-0.2, -0.15) is 0 Å². The third kappa shape index (κ3) is 14.8. The number of hydrogen-bond donors (Lipinski definition) is 2. The van der Waals surface area contributed by atoms with Gasteiger partial charge in [-0.3, -0.25) is 0 Å². The number of hydrogen-bond acceptors (Lipinski definition) is 3. The number of nitrogens with two attached hydrogens (primary N) is 1. The summed E-state index contributed by atoms with van der Waals surface area (Å²) in [5.74, 6) is 0.913. The molecule has 0 aliphatic heterocycles. The Labute approximate surface area is 186 Å². The van der Waals surface area contributed by atoms with Gasteiger partial charge in [-0.05, 0) is 30.5 Å². The second-order valence-corrected chi connectivity index (χ2v) is 8.84. The van der Waals surface area contributed by atoms with Gasteiger partial charge in [0.15, 0.2) is 0 Å². The molecule has 0 radical (unpaired) electrons. The van der Waals surface area contributed by atoms with E-state index in [4.69, 9.17) is 15.6 Å². The van der Waals surface area contributed by atoms with Crippen molar-refractivity contribution < 1.29 is 9.84 Å². The molecule has 0 aliphatic rings. The highest BCUT2D eigenvalue weighted by molar-refractivity contribution is 5.29. The Kier molecular flexibility index (Phi) is 17.9. The molecule has 1 aromatic rings. The quantitative estimate of drug-likeness (QED) is 0.201. The summed E-state index contributed by atoms with van der Waals surface area (Å²) in [6.07, 6.45) is 22.8. The number of benzene rings is 1. The van der Waals surface area contributed by atoms with Gasteiger partial charge in [-0.15, -0.1) is 0 Å². The monoisotopic (exact) mass is 419 g/mol. The zero-order valence-corrected chi connectivity index (χ0v) is 19.8. The van der Waals surface area contributed by atoms with Crippen LogP contribution in [0.1, 0.15) is 128 Å². The van der Waals surface area contributed by atoms with Crippen LogP contribution in [0.5, 0.6) is 5.75 Å². The van der Waals surface area contributed by atoms with Crippen LogP contribution in [0, 0.1) is 0 Å². The van der Waals surface area contributed by atoms with Crippen molar-refractivity contribution in [3.8, 4) is 5.75 Å². The Balaban J connectivity index is 1.83. The Morgan fingerprint density at radius 1 is 0.700 bits per heavy atom. The molecule has 3 heteroatoms. The van der Waals surface area contributed by atoms with E-state index >= 15 is 0 Å². The van der Waals surface area contributed by atoms with Gasteiger partial charge in [0.05, 0.1) is 6.61 Å². The van der Waals surface area contributed by atoms with Crippen LogP contribution in [0.25, 0.3) is 0 Å². The van der Waals surface area contributed by atoms with E-state index in [9.17, 15) is 0 Å². The molecule has 0 aliphatic carbocycles. The molecule has 0 saturated heterocycles. The van der Waals surface area contributed by atoms with Crippen LogP contribution in [0.15, 0.2) is 24.3 Å². The van der Waals surface area contributed by atoms with E-state index in [-0.39, 0.29) is 12.6 Å². The SMILES string of the molecule is CCCCCCCCCCCCCCCCCCOc1ccc(C(N)CCO)cc1. The van der Waals surface area contributed by atoms with E-state index in [1.165, 1.54) is 96.3 Å². The van der Waals surface area contributed by atoms with Gasteiger partial charge in [0.25, 0.3) is 0 Å². The summed E-state index contributed by atoms with van der Waals surface area (Å²) in [7, 11) is 0. The van der Waals surface area contributed by atoms with E-state index < -0.39 is 0 Å². The van der Waals surface area contributed by atoms with Gasteiger partial charge in [-0.1, -0.05) is 115 Å². The maximum Gasteiger partial charge on any atom is 0.119 e. The summed E-state index contributed by atoms with van der Waals surface area (Å²) in [5.41, 5.74) is 7.05. The highest BCUT2D eigenvalue weighted by Gasteiger charge is 2.05. The molecule has 0 fully saturated rings. The third-order valence-corrected chi connectivity index (χ3v) is 6.01. The lowest BCUT2D eigenvalue weighted by molar-refractivity contribution is 0.276. The van der Waals surface area contributed by atoms with Crippen LogP contribution in [0.2, 0.25) is 0 Å². The van der Waals surface area contributed by atoms with Gasteiger partial charge in [0, 0.05) is 12.6 Å². The zero-order chi connectivity index (χ0) is 21.7. The van der Waals surface area contributed by atoms with Crippen molar-refractivity contribution in [1.82, 2.24) is 0 Å². The minimum Gasteiger partial charge on any atom is -0.494 e. The molecule has 30 heavy (non-hydrogen) atoms. The molecule has 0 aromatic heterocycles. The first-order valence-electron chi connectivity index (χ1n) is 12.9.